The molecule has 5 heteroatoms. The van der Waals surface area contributed by atoms with E-state index in [0.29, 0.717) is 10.0 Å². The van der Waals surface area contributed by atoms with Crippen molar-refractivity contribution >= 4 is 37.2 Å². The number of hydrogen-bond donors (Lipinski definition) is 0. The Morgan fingerprint density at radius 1 is 0.810 bits per heavy atom. The molecule has 0 aliphatic rings. The lowest BCUT2D eigenvalue weighted by atomic mass is 10.0. The standard InChI is InChI=1S/C16H17Cl2NOSi/c1-21(2,3)20-19-16(12-4-8-14(17)9-5-12)13-6-10-15(18)11-7-13/h4-11H,1-3H3. The van der Waals surface area contributed by atoms with Crippen LogP contribution in [0.1, 0.15) is 11.1 Å². The Bertz CT molecular complexity index is 583. The van der Waals surface area contributed by atoms with Gasteiger partial charge in [-0.2, -0.15) is 0 Å². The molecule has 0 saturated carbocycles. The number of benzene rings is 2. The molecule has 2 aromatic rings. The van der Waals surface area contributed by atoms with Gasteiger partial charge in [0.15, 0.2) is 0 Å². The Labute approximate surface area is 136 Å². The third kappa shape index (κ3) is 4.88. The molecular formula is C16H17Cl2NOSi. The normalized spacial score (nSPS) is 11.1. The summed E-state index contributed by atoms with van der Waals surface area (Å²) in [4.78, 5) is 0. The Hall–Kier alpha value is -1.29. The number of hydrogen-bond acceptors (Lipinski definition) is 2. The van der Waals surface area contributed by atoms with Crippen molar-refractivity contribution in [2.24, 2.45) is 5.16 Å². The molecule has 0 fully saturated rings. The number of oxime groups is 1. The van der Waals surface area contributed by atoms with E-state index in [4.69, 9.17) is 27.7 Å². The van der Waals surface area contributed by atoms with Crippen molar-refractivity contribution in [2.75, 3.05) is 0 Å². The fraction of sp³-hybridized carbons (Fsp3) is 0.188. The molecule has 0 aliphatic carbocycles. The maximum absolute atomic E-state index is 5.95. The van der Waals surface area contributed by atoms with Gasteiger partial charge < -0.3 is 4.53 Å². The van der Waals surface area contributed by atoms with Crippen molar-refractivity contribution in [3.05, 3.63) is 69.7 Å². The molecule has 0 N–H and O–H groups in total. The minimum atomic E-state index is -1.75. The van der Waals surface area contributed by atoms with Crippen molar-refractivity contribution in [2.45, 2.75) is 19.6 Å². The van der Waals surface area contributed by atoms with Crippen molar-refractivity contribution in [3.63, 3.8) is 0 Å². The maximum atomic E-state index is 5.95. The Balaban J connectivity index is 2.43. The fourth-order valence-electron chi connectivity index (χ4n) is 1.67. The Morgan fingerprint density at radius 2 is 1.19 bits per heavy atom. The van der Waals surface area contributed by atoms with E-state index in [-0.39, 0.29) is 0 Å². The van der Waals surface area contributed by atoms with Gasteiger partial charge in [-0.25, -0.2) is 0 Å². The first-order valence-corrected chi connectivity index (χ1v) is 10.8. The summed E-state index contributed by atoms with van der Waals surface area (Å²) in [5.41, 5.74) is 2.70. The van der Waals surface area contributed by atoms with Gasteiger partial charge in [0.2, 0.25) is 0 Å². The molecular weight excluding hydrogens is 321 g/mol. The first-order chi connectivity index (χ1) is 9.85. The summed E-state index contributed by atoms with van der Waals surface area (Å²) in [5, 5.41) is 5.78. The van der Waals surface area contributed by atoms with Gasteiger partial charge in [0.05, 0.1) is 0 Å². The third-order valence-electron chi connectivity index (χ3n) is 2.65. The van der Waals surface area contributed by atoms with E-state index in [1.165, 1.54) is 0 Å². The zero-order chi connectivity index (χ0) is 15.5. The first-order valence-electron chi connectivity index (χ1n) is 6.63. The Kier molecular flexibility index (Phi) is 5.09. The number of rotatable bonds is 4. The lowest BCUT2D eigenvalue weighted by Gasteiger charge is -2.15. The van der Waals surface area contributed by atoms with Crippen LogP contribution < -0.4 is 0 Å². The molecule has 0 spiro atoms. The monoisotopic (exact) mass is 337 g/mol. The smallest absolute Gasteiger partial charge is 0.278 e. The predicted octanol–water partition coefficient (Wildman–Crippen LogP) is 5.60. The minimum absolute atomic E-state index is 0.695. The van der Waals surface area contributed by atoms with Crippen LogP contribution in [0.4, 0.5) is 0 Å². The zero-order valence-corrected chi connectivity index (χ0v) is 14.7. The molecule has 0 aromatic heterocycles. The molecule has 0 unspecified atom stereocenters. The summed E-state index contributed by atoms with van der Waals surface area (Å²) in [7, 11) is -1.75. The van der Waals surface area contributed by atoms with Crippen LogP contribution in [-0.4, -0.2) is 14.0 Å². The number of nitrogens with zero attached hydrogens (tertiary/aromatic N) is 1. The average molecular weight is 338 g/mol. The van der Waals surface area contributed by atoms with E-state index in [0.717, 1.165) is 16.8 Å². The van der Waals surface area contributed by atoms with Gasteiger partial charge in [0.1, 0.15) is 5.71 Å². The topological polar surface area (TPSA) is 21.6 Å². The maximum Gasteiger partial charge on any atom is 0.278 e. The lowest BCUT2D eigenvalue weighted by molar-refractivity contribution is 0.336. The third-order valence-corrected chi connectivity index (χ3v) is 3.79. The van der Waals surface area contributed by atoms with Crippen molar-refractivity contribution < 1.29 is 4.53 Å². The highest BCUT2D eigenvalue weighted by Crippen LogP contribution is 2.18. The van der Waals surface area contributed by atoms with E-state index in [1.54, 1.807) is 0 Å². The van der Waals surface area contributed by atoms with Crippen molar-refractivity contribution in [1.29, 1.82) is 0 Å². The van der Waals surface area contributed by atoms with Gasteiger partial charge in [0, 0.05) is 21.2 Å². The van der Waals surface area contributed by atoms with Crippen LogP contribution in [0.3, 0.4) is 0 Å². The van der Waals surface area contributed by atoms with E-state index in [9.17, 15) is 0 Å². The second-order valence-corrected chi connectivity index (χ2v) is 10.9. The highest BCUT2D eigenvalue weighted by molar-refractivity contribution is 6.69. The van der Waals surface area contributed by atoms with Gasteiger partial charge in [-0.3, -0.25) is 0 Å². The van der Waals surface area contributed by atoms with Crippen molar-refractivity contribution in [1.82, 2.24) is 0 Å². The molecule has 0 heterocycles. The molecule has 2 nitrogen and oxygen atoms in total. The van der Waals surface area contributed by atoms with E-state index >= 15 is 0 Å². The largest absolute Gasteiger partial charge is 0.455 e. The van der Waals surface area contributed by atoms with E-state index in [1.807, 2.05) is 48.5 Å². The summed E-state index contributed by atoms with van der Waals surface area (Å²) in [6, 6.07) is 15.1. The molecule has 2 rings (SSSR count). The summed E-state index contributed by atoms with van der Waals surface area (Å²) in [5.74, 6) is 0. The van der Waals surface area contributed by atoms with E-state index in [2.05, 4.69) is 24.8 Å². The van der Waals surface area contributed by atoms with Gasteiger partial charge in [0.25, 0.3) is 8.32 Å². The van der Waals surface area contributed by atoms with Gasteiger partial charge in [-0.15, -0.1) is 5.16 Å². The SMILES string of the molecule is C[Si](C)(C)ON=C(c1ccc(Cl)cc1)c1ccc(Cl)cc1. The molecule has 110 valence electrons. The fourth-order valence-corrected chi connectivity index (χ4v) is 2.29. The Morgan fingerprint density at radius 3 is 1.52 bits per heavy atom. The van der Waals surface area contributed by atoms with Crippen LogP contribution in [0.15, 0.2) is 53.7 Å². The average Bonchev–Trinajstić information content (AvgIpc) is 2.41. The second-order valence-electron chi connectivity index (χ2n) is 5.66. The molecule has 0 aliphatic heterocycles. The molecule has 0 amide bonds. The summed E-state index contributed by atoms with van der Waals surface area (Å²) in [6.07, 6.45) is 0. The summed E-state index contributed by atoms with van der Waals surface area (Å²) < 4.78 is 5.72. The molecule has 2 aromatic carbocycles. The second kappa shape index (κ2) is 6.65. The van der Waals surface area contributed by atoms with Crippen LogP contribution in [0.2, 0.25) is 29.7 Å². The van der Waals surface area contributed by atoms with Crippen LogP contribution in [0.25, 0.3) is 0 Å². The van der Waals surface area contributed by atoms with Crippen LogP contribution in [-0.2, 0) is 4.53 Å². The lowest BCUT2D eigenvalue weighted by Crippen LogP contribution is -2.23. The van der Waals surface area contributed by atoms with E-state index < -0.39 is 8.32 Å². The van der Waals surface area contributed by atoms with Crippen LogP contribution >= 0.6 is 23.2 Å². The van der Waals surface area contributed by atoms with Gasteiger partial charge in [-0.1, -0.05) is 47.5 Å². The zero-order valence-electron chi connectivity index (χ0n) is 12.2. The predicted molar refractivity (Wildman–Crippen MR) is 93.0 cm³/mol. The molecule has 21 heavy (non-hydrogen) atoms. The number of halogens is 2. The van der Waals surface area contributed by atoms with Gasteiger partial charge >= 0.3 is 0 Å². The molecule has 0 saturated heterocycles. The molecule has 0 bridgehead atoms. The molecule has 0 radical (unpaired) electrons. The minimum Gasteiger partial charge on any atom is -0.455 e. The first kappa shape index (κ1) is 16.1. The quantitative estimate of drug-likeness (QED) is 0.404. The highest BCUT2D eigenvalue weighted by atomic mass is 35.5. The summed E-state index contributed by atoms with van der Waals surface area (Å²) in [6.45, 7) is 6.29. The van der Waals surface area contributed by atoms with Crippen LogP contribution in [0, 0.1) is 0 Å². The van der Waals surface area contributed by atoms with Crippen molar-refractivity contribution in [3.8, 4) is 0 Å². The summed E-state index contributed by atoms with van der Waals surface area (Å²) >= 11 is 11.9. The molecule has 0 atom stereocenters. The highest BCUT2D eigenvalue weighted by Gasteiger charge is 2.17. The van der Waals surface area contributed by atoms with Crippen LogP contribution in [0.5, 0.6) is 0 Å². The van der Waals surface area contributed by atoms with Gasteiger partial charge in [-0.05, 0) is 43.9 Å².